The first-order chi connectivity index (χ1) is 9.92. The first kappa shape index (κ1) is 16.8. The first-order valence-corrected chi connectivity index (χ1v) is 9.83. The zero-order chi connectivity index (χ0) is 15.5. The standard InChI is InChI=1S/C14H12Br2ClNO2S/c15-8-7-10-1-3-11(4-2-10)18-21(19,20)12-5-6-14(17)13(16)9-12/h1-6,9,18H,7-8H2. The average molecular weight is 454 g/mol. The van der Waals surface area contributed by atoms with Crippen LogP contribution in [0, 0.1) is 0 Å². The minimum absolute atomic E-state index is 0.156. The van der Waals surface area contributed by atoms with Crippen LogP contribution in [0.25, 0.3) is 0 Å². The smallest absolute Gasteiger partial charge is 0.261 e. The van der Waals surface area contributed by atoms with Crippen LogP contribution in [-0.4, -0.2) is 13.7 Å². The van der Waals surface area contributed by atoms with Gasteiger partial charge in [-0.15, -0.1) is 0 Å². The Morgan fingerprint density at radius 1 is 1.10 bits per heavy atom. The number of sulfonamides is 1. The highest BCUT2D eigenvalue weighted by Crippen LogP contribution is 2.26. The van der Waals surface area contributed by atoms with E-state index in [1.54, 1.807) is 18.2 Å². The van der Waals surface area contributed by atoms with Gasteiger partial charge in [-0.3, -0.25) is 4.72 Å². The van der Waals surface area contributed by atoms with Gasteiger partial charge in [0.2, 0.25) is 0 Å². The zero-order valence-electron chi connectivity index (χ0n) is 10.8. The van der Waals surface area contributed by atoms with E-state index in [9.17, 15) is 8.42 Å². The molecule has 21 heavy (non-hydrogen) atoms. The van der Waals surface area contributed by atoms with Crippen molar-refractivity contribution >= 4 is 59.2 Å². The summed E-state index contributed by atoms with van der Waals surface area (Å²) in [7, 11) is -3.63. The number of nitrogens with one attached hydrogen (secondary N) is 1. The van der Waals surface area contributed by atoms with Crippen LogP contribution in [0.15, 0.2) is 51.8 Å². The summed E-state index contributed by atoms with van der Waals surface area (Å²) in [6.45, 7) is 0. The van der Waals surface area contributed by atoms with E-state index in [4.69, 9.17) is 11.6 Å². The van der Waals surface area contributed by atoms with Crippen molar-refractivity contribution in [2.45, 2.75) is 11.3 Å². The fourth-order valence-electron chi connectivity index (χ4n) is 1.71. The van der Waals surface area contributed by atoms with Crippen molar-refractivity contribution in [2.75, 3.05) is 10.1 Å². The second-order valence-corrected chi connectivity index (χ2v) is 8.05. The van der Waals surface area contributed by atoms with E-state index in [-0.39, 0.29) is 4.90 Å². The summed E-state index contributed by atoms with van der Waals surface area (Å²) in [5.41, 5.74) is 1.67. The molecule has 0 aromatic heterocycles. The Bertz CT molecular complexity index is 733. The van der Waals surface area contributed by atoms with Gasteiger partial charge in [-0.25, -0.2) is 8.42 Å². The number of benzene rings is 2. The Morgan fingerprint density at radius 3 is 2.33 bits per heavy atom. The second kappa shape index (κ2) is 7.13. The normalized spacial score (nSPS) is 11.4. The van der Waals surface area contributed by atoms with Crippen molar-refractivity contribution < 1.29 is 8.42 Å². The third-order valence-corrected chi connectivity index (χ3v) is 5.78. The van der Waals surface area contributed by atoms with Crippen molar-refractivity contribution in [3.05, 3.63) is 57.5 Å². The van der Waals surface area contributed by atoms with E-state index in [1.165, 1.54) is 12.1 Å². The van der Waals surface area contributed by atoms with Crippen molar-refractivity contribution in [2.24, 2.45) is 0 Å². The molecule has 0 aliphatic heterocycles. The van der Waals surface area contributed by atoms with Gasteiger partial charge in [-0.1, -0.05) is 39.7 Å². The van der Waals surface area contributed by atoms with Crippen molar-refractivity contribution in [3.63, 3.8) is 0 Å². The summed E-state index contributed by atoms with van der Waals surface area (Å²) in [5, 5.41) is 1.34. The molecule has 0 saturated heterocycles. The predicted octanol–water partition coefficient (Wildman–Crippen LogP) is 4.84. The maximum Gasteiger partial charge on any atom is 0.261 e. The Balaban J connectivity index is 2.22. The highest BCUT2D eigenvalue weighted by molar-refractivity contribution is 9.10. The van der Waals surface area contributed by atoms with Gasteiger partial charge in [-0.2, -0.15) is 0 Å². The summed E-state index contributed by atoms with van der Waals surface area (Å²) in [6, 6.07) is 11.8. The van der Waals surface area contributed by atoms with Crippen LogP contribution >= 0.6 is 43.5 Å². The van der Waals surface area contributed by atoms with Crippen LogP contribution in [0.1, 0.15) is 5.56 Å². The summed E-state index contributed by atoms with van der Waals surface area (Å²) >= 11 is 12.5. The van der Waals surface area contributed by atoms with Gasteiger partial charge in [-0.05, 0) is 58.2 Å². The van der Waals surface area contributed by atoms with Crippen molar-refractivity contribution in [1.82, 2.24) is 0 Å². The van der Waals surface area contributed by atoms with Crippen LogP contribution in [0.5, 0.6) is 0 Å². The molecule has 0 amide bonds. The maximum atomic E-state index is 12.3. The number of hydrogen-bond donors (Lipinski definition) is 1. The molecule has 0 spiro atoms. The van der Waals surface area contributed by atoms with Crippen LogP contribution in [-0.2, 0) is 16.4 Å². The van der Waals surface area contributed by atoms with Gasteiger partial charge in [0.05, 0.1) is 9.92 Å². The maximum absolute atomic E-state index is 12.3. The SMILES string of the molecule is O=S(=O)(Nc1ccc(CCBr)cc1)c1ccc(Cl)c(Br)c1. The minimum atomic E-state index is -3.63. The number of halogens is 3. The Kier molecular flexibility index (Phi) is 5.71. The summed E-state index contributed by atoms with van der Waals surface area (Å²) in [4.78, 5) is 0.156. The molecule has 0 saturated carbocycles. The molecule has 0 aliphatic carbocycles. The minimum Gasteiger partial charge on any atom is -0.280 e. The lowest BCUT2D eigenvalue weighted by atomic mass is 10.2. The molecule has 2 aromatic carbocycles. The third kappa shape index (κ3) is 4.45. The van der Waals surface area contributed by atoms with E-state index < -0.39 is 10.0 Å². The largest absolute Gasteiger partial charge is 0.280 e. The number of hydrogen-bond acceptors (Lipinski definition) is 2. The molecule has 2 aromatic rings. The van der Waals surface area contributed by atoms with E-state index in [2.05, 4.69) is 36.6 Å². The molecule has 3 nitrogen and oxygen atoms in total. The Hall–Kier alpha value is -0.560. The molecule has 0 atom stereocenters. The van der Waals surface area contributed by atoms with Crippen LogP contribution < -0.4 is 4.72 Å². The van der Waals surface area contributed by atoms with Gasteiger partial charge in [0, 0.05) is 15.5 Å². The van der Waals surface area contributed by atoms with Crippen LogP contribution in [0.2, 0.25) is 5.02 Å². The molecule has 112 valence electrons. The van der Waals surface area contributed by atoms with Gasteiger partial charge in [0.25, 0.3) is 10.0 Å². The fourth-order valence-corrected chi connectivity index (χ4v) is 3.90. The summed E-state index contributed by atoms with van der Waals surface area (Å²) in [5.74, 6) is 0. The molecule has 0 bridgehead atoms. The van der Waals surface area contributed by atoms with Crippen molar-refractivity contribution in [1.29, 1.82) is 0 Å². The molecule has 7 heteroatoms. The third-order valence-electron chi connectivity index (χ3n) is 2.79. The lowest BCUT2D eigenvalue weighted by molar-refractivity contribution is 0.601. The average Bonchev–Trinajstić information content (AvgIpc) is 2.44. The fraction of sp³-hybridized carbons (Fsp3) is 0.143. The van der Waals surface area contributed by atoms with E-state index in [1.807, 2.05) is 12.1 Å². The molecule has 0 unspecified atom stereocenters. The second-order valence-electron chi connectivity index (χ2n) is 4.32. The molecular weight excluding hydrogens is 441 g/mol. The van der Waals surface area contributed by atoms with E-state index in [0.29, 0.717) is 15.2 Å². The highest BCUT2D eigenvalue weighted by atomic mass is 79.9. The molecule has 2 rings (SSSR count). The molecule has 0 heterocycles. The predicted molar refractivity (Wildman–Crippen MR) is 93.9 cm³/mol. The monoisotopic (exact) mass is 451 g/mol. The van der Waals surface area contributed by atoms with E-state index in [0.717, 1.165) is 17.3 Å². The van der Waals surface area contributed by atoms with Crippen molar-refractivity contribution in [3.8, 4) is 0 Å². The number of alkyl halides is 1. The van der Waals surface area contributed by atoms with Gasteiger partial charge in [0.15, 0.2) is 0 Å². The van der Waals surface area contributed by atoms with Gasteiger partial charge in [0.1, 0.15) is 0 Å². The lowest BCUT2D eigenvalue weighted by Crippen LogP contribution is -2.12. The molecule has 1 N–H and O–H groups in total. The molecule has 0 aliphatic rings. The topological polar surface area (TPSA) is 46.2 Å². The summed E-state index contributed by atoms with van der Waals surface area (Å²) in [6.07, 6.45) is 0.900. The Labute approximate surface area is 146 Å². The lowest BCUT2D eigenvalue weighted by Gasteiger charge is -2.09. The van der Waals surface area contributed by atoms with Gasteiger partial charge >= 0.3 is 0 Å². The summed E-state index contributed by atoms with van der Waals surface area (Å²) < 4.78 is 27.7. The number of rotatable bonds is 5. The van der Waals surface area contributed by atoms with Gasteiger partial charge < -0.3 is 0 Å². The molecular formula is C14H12Br2ClNO2S. The molecule has 0 fully saturated rings. The number of aryl methyl sites for hydroxylation is 1. The van der Waals surface area contributed by atoms with Crippen LogP contribution in [0.3, 0.4) is 0 Å². The first-order valence-electron chi connectivity index (χ1n) is 6.05. The Morgan fingerprint density at radius 2 is 1.76 bits per heavy atom. The van der Waals surface area contributed by atoms with Crippen LogP contribution in [0.4, 0.5) is 5.69 Å². The highest BCUT2D eigenvalue weighted by Gasteiger charge is 2.15. The molecule has 0 radical (unpaired) electrons. The zero-order valence-corrected chi connectivity index (χ0v) is 15.6. The van der Waals surface area contributed by atoms with E-state index >= 15 is 0 Å². The number of anilines is 1. The quantitative estimate of drug-likeness (QED) is 0.659.